The smallest absolute Gasteiger partial charge is 0.142 e. The Kier molecular flexibility index (Phi) is 5.07. The van der Waals surface area contributed by atoms with Crippen molar-refractivity contribution in [2.24, 2.45) is 0 Å². The molecule has 0 aliphatic carbocycles. The van der Waals surface area contributed by atoms with Crippen molar-refractivity contribution in [1.29, 1.82) is 0 Å². The molecule has 0 saturated heterocycles. The van der Waals surface area contributed by atoms with Crippen molar-refractivity contribution in [3.05, 3.63) is 47.8 Å². The summed E-state index contributed by atoms with van der Waals surface area (Å²) in [6, 6.07) is 5.57. The fourth-order valence-corrected chi connectivity index (χ4v) is 1.92. The summed E-state index contributed by atoms with van der Waals surface area (Å²) in [4.78, 5) is 0. The van der Waals surface area contributed by atoms with E-state index < -0.39 is 0 Å². The SMILES string of the molecule is C=Cn1cc(CNc2cc(Cl)ccc2OCCC)cn1. The van der Waals surface area contributed by atoms with Crippen molar-refractivity contribution < 1.29 is 4.74 Å². The zero-order chi connectivity index (χ0) is 14.4. The van der Waals surface area contributed by atoms with Crippen LogP contribution >= 0.6 is 11.6 Å². The Balaban J connectivity index is 2.06. The summed E-state index contributed by atoms with van der Waals surface area (Å²) in [5.74, 6) is 0.812. The van der Waals surface area contributed by atoms with Gasteiger partial charge in [0.1, 0.15) is 5.75 Å². The molecule has 2 aromatic rings. The maximum absolute atomic E-state index is 6.03. The topological polar surface area (TPSA) is 39.1 Å². The van der Waals surface area contributed by atoms with Gasteiger partial charge in [-0.15, -0.1) is 0 Å². The number of nitrogens with zero attached hydrogens (tertiary/aromatic N) is 2. The number of halogens is 1. The van der Waals surface area contributed by atoms with E-state index in [-0.39, 0.29) is 0 Å². The van der Waals surface area contributed by atoms with E-state index in [2.05, 4.69) is 23.9 Å². The van der Waals surface area contributed by atoms with Crippen molar-refractivity contribution in [3.8, 4) is 5.75 Å². The Hall–Kier alpha value is -1.94. The van der Waals surface area contributed by atoms with Crippen molar-refractivity contribution in [2.45, 2.75) is 19.9 Å². The third-order valence-electron chi connectivity index (χ3n) is 2.73. The first-order valence-corrected chi connectivity index (χ1v) is 6.92. The van der Waals surface area contributed by atoms with E-state index in [9.17, 15) is 0 Å². The molecule has 5 heteroatoms. The van der Waals surface area contributed by atoms with Crippen LogP contribution in [-0.4, -0.2) is 16.4 Å². The fourth-order valence-electron chi connectivity index (χ4n) is 1.74. The highest BCUT2D eigenvalue weighted by Gasteiger charge is 2.05. The number of benzene rings is 1. The Bertz CT molecular complexity index is 580. The molecule has 0 saturated carbocycles. The second kappa shape index (κ2) is 7.01. The van der Waals surface area contributed by atoms with Crippen molar-refractivity contribution >= 4 is 23.5 Å². The summed E-state index contributed by atoms with van der Waals surface area (Å²) in [5.41, 5.74) is 1.95. The molecule has 2 rings (SSSR count). The summed E-state index contributed by atoms with van der Waals surface area (Å²) in [6.45, 7) is 7.08. The second-order valence-electron chi connectivity index (χ2n) is 4.35. The molecule has 4 nitrogen and oxygen atoms in total. The minimum atomic E-state index is 0.649. The minimum absolute atomic E-state index is 0.649. The first-order valence-electron chi connectivity index (χ1n) is 6.54. The van der Waals surface area contributed by atoms with Gasteiger partial charge in [-0.3, -0.25) is 0 Å². The van der Waals surface area contributed by atoms with Gasteiger partial charge in [0.05, 0.1) is 18.5 Å². The van der Waals surface area contributed by atoms with Crippen LogP contribution in [0.2, 0.25) is 5.02 Å². The van der Waals surface area contributed by atoms with Crippen LogP contribution in [0.5, 0.6) is 5.75 Å². The standard InChI is InChI=1S/C15H18ClN3O/c1-3-7-20-15-6-5-13(16)8-14(15)17-9-12-10-18-19(4-2)11-12/h4-6,8,10-11,17H,2-3,7,9H2,1H3. The number of ether oxygens (including phenoxy) is 1. The summed E-state index contributed by atoms with van der Waals surface area (Å²) in [6.07, 6.45) is 6.33. The van der Waals surface area contributed by atoms with E-state index in [0.717, 1.165) is 23.4 Å². The van der Waals surface area contributed by atoms with Crippen LogP contribution < -0.4 is 10.1 Å². The molecule has 1 N–H and O–H groups in total. The number of nitrogens with one attached hydrogen (secondary N) is 1. The Labute approximate surface area is 124 Å². The zero-order valence-electron chi connectivity index (χ0n) is 11.5. The summed E-state index contributed by atoms with van der Waals surface area (Å²) in [7, 11) is 0. The predicted molar refractivity (Wildman–Crippen MR) is 83.2 cm³/mol. The van der Waals surface area contributed by atoms with Crippen molar-refractivity contribution in [3.63, 3.8) is 0 Å². The maximum Gasteiger partial charge on any atom is 0.142 e. The predicted octanol–water partition coefficient (Wildman–Crippen LogP) is 4.04. The molecule has 0 spiro atoms. The van der Waals surface area contributed by atoms with Gasteiger partial charge in [-0.25, -0.2) is 4.68 Å². The molecule has 0 aliphatic heterocycles. The highest BCUT2D eigenvalue weighted by Crippen LogP contribution is 2.28. The van der Waals surface area contributed by atoms with E-state index >= 15 is 0 Å². The molecule has 0 amide bonds. The molecule has 0 bridgehead atoms. The van der Waals surface area contributed by atoms with Gasteiger partial charge in [-0.1, -0.05) is 25.1 Å². The zero-order valence-corrected chi connectivity index (χ0v) is 12.2. The lowest BCUT2D eigenvalue weighted by Gasteiger charge is -2.12. The van der Waals surface area contributed by atoms with Crippen LogP contribution in [0.25, 0.3) is 6.20 Å². The molecule has 0 fully saturated rings. The first-order chi connectivity index (χ1) is 9.72. The Morgan fingerprint density at radius 2 is 2.35 bits per heavy atom. The van der Waals surface area contributed by atoms with Gasteiger partial charge in [-0.2, -0.15) is 5.10 Å². The van der Waals surface area contributed by atoms with Gasteiger partial charge in [-0.05, 0) is 24.6 Å². The lowest BCUT2D eigenvalue weighted by molar-refractivity contribution is 0.319. The van der Waals surface area contributed by atoms with Crippen LogP contribution in [-0.2, 0) is 6.54 Å². The average Bonchev–Trinajstić information content (AvgIpc) is 2.92. The highest BCUT2D eigenvalue weighted by molar-refractivity contribution is 6.30. The van der Waals surface area contributed by atoms with E-state index in [1.807, 2.05) is 24.4 Å². The summed E-state index contributed by atoms with van der Waals surface area (Å²) in [5, 5.41) is 8.14. The van der Waals surface area contributed by atoms with Crippen molar-refractivity contribution in [2.75, 3.05) is 11.9 Å². The number of rotatable bonds is 7. The fraction of sp³-hybridized carbons (Fsp3) is 0.267. The molecule has 106 valence electrons. The third kappa shape index (κ3) is 3.78. The van der Waals surface area contributed by atoms with Crippen molar-refractivity contribution in [1.82, 2.24) is 9.78 Å². The first kappa shape index (κ1) is 14.5. The molecule has 1 heterocycles. The van der Waals surface area contributed by atoms with E-state index in [1.54, 1.807) is 17.1 Å². The van der Waals surface area contributed by atoms with E-state index in [0.29, 0.717) is 18.2 Å². The van der Waals surface area contributed by atoms with Gasteiger partial charge in [0, 0.05) is 29.5 Å². The minimum Gasteiger partial charge on any atom is -0.491 e. The average molecular weight is 292 g/mol. The third-order valence-corrected chi connectivity index (χ3v) is 2.96. The lowest BCUT2D eigenvalue weighted by Crippen LogP contribution is -2.03. The summed E-state index contributed by atoms with van der Waals surface area (Å²) >= 11 is 6.03. The molecule has 0 aliphatic rings. The molecule has 0 radical (unpaired) electrons. The number of hydrogen-bond acceptors (Lipinski definition) is 3. The molecular weight excluding hydrogens is 274 g/mol. The Morgan fingerprint density at radius 1 is 1.50 bits per heavy atom. The van der Waals surface area contributed by atoms with E-state index in [4.69, 9.17) is 16.3 Å². The number of hydrogen-bond donors (Lipinski definition) is 1. The van der Waals surface area contributed by atoms with Gasteiger partial charge >= 0.3 is 0 Å². The van der Waals surface area contributed by atoms with Crippen LogP contribution in [0.1, 0.15) is 18.9 Å². The van der Waals surface area contributed by atoms with Crippen LogP contribution in [0, 0.1) is 0 Å². The summed E-state index contributed by atoms with van der Waals surface area (Å²) < 4.78 is 7.37. The molecule has 1 aromatic heterocycles. The van der Waals surface area contributed by atoms with Crippen LogP contribution in [0.4, 0.5) is 5.69 Å². The molecular formula is C15H18ClN3O. The molecule has 1 aromatic carbocycles. The second-order valence-corrected chi connectivity index (χ2v) is 4.79. The number of aromatic nitrogens is 2. The Morgan fingerprint density at radius 3 is 3.05 bits per heavy atom. The number of anilines is 1. The molecule has 0 atom stereocenters. The van der Waals surface area contributed by atoms with Gasteiger partial charge in [0.15, 0.2) is 0 Å². The van der Waals surface area contributed by atoms with Gasteiger partial charge in [0.25, 0.3) is 0 Å². The van der Waals surface area contributed by atoms with Gasteiger partial charge in [0.2, 0.25) is 0 Å². The normalized spacial score (nSPS) is 10.3. The monoisotopic (exact) mass is 291 g/mol. The highest BCUT2D eigenvalue weighted by atomic mass is 35.5. The van der Waals surface area contributed by atoms with Crippen LogP contribution in [0.3, 0.4) is 0 Å². The van der Waals surface area contributed by atoms with Gasteiger partial charge < -0.3 is 10.1 Å². The molecule has 0 unspecified atom stereocenters. The largest absolute Gasteiger partial charge is 0.491 e. The quantitative estimate of drug-likeness (QED) is 0.837. The lowest BCUT2D eigenvalue weighted by atomic mass is 10.2. The molecule has 20 heavy (non-hydrogen) atoms. The van der Waals surface area contributed by atoms with E-state index in [1.165, 1.54) is 0 Å². The maximum atomic E-state index is 6.03. The van der Waals surface area contributed by atoms with Crippen LogP contribution in [0.15, 0.2) is 37.2 Å².